The maximum atomic E-state index is 12.7. The van der Waals surface area contributed by atoms with E-state index in [1.807, 2.05) is 0 Å². The monoisotopic (exact) mass is 413 g/mol. The van der Waals surface area contributed by atoms with Crippen molar-refractivity contribution in [1.82, 2.24) is 10.2 Å². The van der Waals surface area contributed by atoms with Gasteiger partial charge in [-0.2, -0.15) is 31.4 Å². The molecule has 0 saturated carbocycles. The fourth-order valence-corrected chi connectivity index (χ4v) is 2.62. The summed E-state index contributed by atoms with van der Waals surface area (Å²) < 4.78 is 75.3. The lowest BCUT2D eigenvalue weighted by atomic mass is 10.1. The van der Waals surface area contributed by atoms with E-state index in [0.717, 1.165) is 24.3 Å². The molecule has 3 aromatic rings. The largest absolute Gasteiger partial charge is 0.454 e. The predicted molar refractivity (Wildman–Crippen MR) is 93.2 cm³/mol. The van der Waals surface area contributed by atoms with Gasteiger partial charge in [0.15, 0.2) is 0 Å². The van der Waals surface area contributed by atoms with E-state index in [2.05, 4.69) is 15.5 Å². The first-order valence-electron chi connectivity index (χ1n) is 8.21. The first-order chi connectivity index (χ1) is 13.6. The molecule has 1 aromatic heterocycles. The molecule has 2 aromatic carbocycles. The zero-order valence-corrected chi connectivity index (χ0v) is 14.5. The predicted octanol–water partition coefficient (Wildman–Crippen LogP) is 5.45. The Morgan fingerprint density at radius 1 is 0.931 bits per heavy atom. The molecular weight excluding hydrogens is 400 g/mol. The van der Waals surface area contributed by atoms with E-state index in [9.17, 15) is 31.1 Å². The third-order valence-corrected chi connectivity index (χ3v) is 4.11. The lowest BCUT2D eigenvalue weighted by Crippen LogP contribution is -2.22. The van der Waals surface area contributed by atoms with E-state index in [1.165, 1.54) is 30.5 Å². The average molecular weight is 413 g/mol. The zero-order valence-electron chi connectivity index (χ0n) is 14.5. The van der Waals surface area contributed by atoms with Gasteiger partial charge in [0.1, 0.15) is 0 Å². The minimum absolute atomic E-state index is 0.208. The molecule has 1 heterocycles. The number of rotatable bonds is 5. The molecule has 0 aliphatic heterocycles. The highest BCUT2D eigenvalue weighted by Gasteiger charge is 2.39. The number of halogens is 6. The van der Waals surface area contributed by atoms with E-state index >= 15 is 0 Å². The molecule has 0 saturated heterocycles. The fourth-order valence-electron chi connectivity index (χ4n) is 2.62. The highest BCUT2D eigenvalue weighted by atomic mass is 19.4. The molecular formula is C19H13F6N3O. The first-order valence-corrected chi connectivity index (χ1v) is 8.21. The molecule has 0 radical (unpaired) electrons. The van der Waals surface area contributed by atoms with Crippen LogP contribution in [0.2, 0.25) is 0 Å². The van der Waals surface area contributed by atoms with Crippen LogP contribution >= 0.6 is 0 Å². The van der Waals surface area contributed by atoms with Crippen molar-refractivity contribution in [3.63, 3.8) is 0 Å². The van der Waals surface area contributed by atoms with Crippen molar-refractivity contribution >= 4 is 11.5 Å². The number of carbonyl (C=O) groups is 1. The van der Waals surface area contributed by atoms with Crippen molar-refractivity contribution in [3.8, 4) is 11.3 Å². The molecule has 10 heteroatoms. The van der Waals surface area contributed by atoms with Crippen molar-refractivity contribution in [2.24, 2.45) is 0 Å². The minimum Gasteiger partial charge on any atom is -0.381 e. The number of hydrogen-bond donors (Lipinski definition) is 2. The number of nitrogens with zero attached hydrogens (tertiary/aromatic N) is 1. The van der Waals surface area contributed by atoms with Gasteiger partial charge in [-0.05, 0) is 42.0 Å². The second-order valence-electron chi connectivity index (χ2n) is 6.10. The summed E-state index contributed by atoms with van der Waals surface area (Å²) in [6.07, 6.45) is -7.89. The van der Waals surface area contributed by atoms with Crippen LogP contribution in [-0.4, -0.2) is 22.2 Å². The van der Waals surface area contributed by atoms with Crippen LogP contribution < -0.4 is 5.32 Å². The molecule has 2 N–H and O–H groups in total. The number of aromatic amines is 1. The fraction of sp³-hybridized carbons (Fsp3) is 0.158. The number of H-pyrrole nitrogens is 1. The minimum atomic E-state index is -4.94. The Kier molecular flexibility index (Phi) is 5.36. The van der Waals surface area contributed by atoms with E-state index in [1.54, 1.807) is 0 Å². The van der Waals surface area contributed by atoms with Crippen LogP contribution in [0.15, 0.2) is 54.7 Å². The smallest absolute Gasteiger partial charge is 0.381 e. The van der Waals surface area contributed by atoms with Gasteiger partial charge in [-0.25, -0.2) is 0 Å². The summed E-state index contributed by atoms with van der Waals surface area (Å²) in [5, 5.41) is 9.57. The molecule has 3 rings (SSSR count). The number of benzene rings is 2. The number of ketones is 1. The number of nitrogens with one attached hydrogen (secondary N) is 2. The Morgan fingerprint density at radius 2 is 1.55 bits per heavy atom. The number of aromatic nitrogens is 2. The lowest BCUT2D eigenvalue weighted by Gasteiger charge is -2.10. The molecule has 29 heavy (non-hydrogen) atoms. The first kappa shape index (κ1) is 20.4. The second kappa shape index (κ2) is 7.61. The Hall–Kier alpha value is -3.30. The summed E-state index contributed by atoms with van der Waals surface area (Å²) in [5.41, 5.74) is 0.864. The van der Waals surface area contributed by atoms with Gasteiger partial charge in [-0.1, -0.05) is 12.1 Å². The third-order valence-electron chi connectivity index (χ3n) is 4.11. The van der Waals surface area contributed by atoms with E-state index in [0.29, 0.717) is 22.5 Å². The Balaban J connectivity index is 1.70. The van der Waals surface area contributed by atoms with Crippen molar-refractivity contribution in [3.05, 3.63) is 71.4 Å². The number of hydrogen-bond acceptors (Lipinski definition) is 3. The van der Waals surface area contributed by atoms with Crippen LogP contribution in [0.3, 0.4) is 0 Å². The van der Waals surface area contributed by atoms with Crippen molar-refractivity contribution in [2.75, 3.05) is 5.32 Å². The molecule has 0 fully saturated rings. The van der Waals surface area contributed by atoms with Gasteiger partial charge < -0.3 is 5.32 Å². The van der Waals surface area contributed by atoms with Crippen molar-refractivity contribution < 1.29 is 31.1 Å². The number of alkyl halides is 6. The van der Waals surface area contributed by atoms with E-state index < -0.39 is 29.3 Å². The molecule has 0 aliphatic rings. The SMILES string of the molecule is O=C(c1ccc(NCc2cn[nH]c2-c2ccc(C(F)(F)F)cc2)cc1)C(F)(F)F. The highest BCUT2D eigenvalue weighted by molar-refractivity contribution is 6.00. The molecule has 0 unspecified atom stereocenters. The summed E-state index contributed by atoms with van der Waals surface area (Å²) in [4.78, 5) is 11.2. The van der Waals surface area contributed by atoms with Gasteiger partial charge in [0.25, 0.3) is 5.78 Å². The highest BCUT2D eigenvalue weighted by Crippen LogP contribution is 2.31. The summed E-state index contributed by atoms with van der Waals surface area (Å²) in [7, 11) is 0. The van der Waals surface area contributed by atoms with Crippen LogP contribution in [0.1, 0.15) is 21.5 Å². The number of carbonyl (C=O) groups excluding carboxylic acids is 1. The maximum absolute atomic E-state index is 12.7. The molecule has 4 nitrogen and oxygen atoms in total. The van der Waals surface area contributed by atoms with Gasteiger partial charge in [-0.3, -0.25) is 9.89 Å². The van der Waals surface area contributed by atoms with Crippen molar-refractivity contribution in [1.29, 1.82) is 0 Å². The van der Waals surface area contributed by atoms with Gasteiger partial charge >= 0.3 is 12.4 Å². The molecule has 0 aliphatic carbocycles. The van der Waals surface area contributed by atoms with Crippen LogP contribution in [0.4, 0.5) is 32.0 Å². The van der Waals surface area contributed by atoms with E-state index in [4.69, 9.17) is 0 Å². The quantitative estimate of drug-likeness (QED) is 0.432. The third kappa shape index (κ3) is 4.76. The maximum Gasteiger partial charge on any atom is 0.454 e. The van der Waals surface area contributed by atoms with Gasteiger partial charge in [0.2, 0.25) is 0 Å². The Morgan fingerprint density at radius 3 is 2.10 bits per heavy atom. The van der Waals surface area contributed by atoms with Gasteiger partial charge in [0.05, 0.1) is 17.5 Å². The summed E-state index contributed by atoms with van der Waals surface area (Å²) >= 11 is 0. The van der Waals surface area contributed by atoms with Crippen LogP contribution in [0, 0.1) is 0 Å². The molecule has 0 bridgehead atoms. The van der Waals surface area contributed by atoms with Crippen molar-refractivity contribution in [2.45, 2.75) is 18.9 Å². The average Bonchev–Trinajstić information content (AvgIpc) is 3.13. The Bertz CT molecular complexity index is 989. The molecule has 0 spiro atoms. The zero-order chi connectivity index (χ0) is 21.2. The number of anilines is 1. The lowest BCUT2D eigenvalue weighted by molar-refractivity contribution is -0.137. The standard InChI is InChI=1S/C19H13F6N3O/c20-18(21,22)14-5-1-11(2-6-14)16-13(10-27-28-16)9-26-15-7-3-12(4-8-15)17(29)19(23,24)25/h1-8,10,26H,9H2,(H,27,28). The summed E-state index contributed by atoms with van der Waals surface area (Å²) in [6.45, 7) is 0.208. The van der Waals surface area contributed by atoms with Crippen LogP contribution in [-0.2, 0) is 12.7 Å². The molecule has 152 valence electrons. The second-order valence-corrected chi connectivity index (χ2v) is 6.10. The molecule has 0 atom stereocenters. The number of Topliss-reactive ketones (excluding diaryl/α,β-unsaturated/α-hetero) is 1. The van der Waals surface area contributed by atoms with Crippen LogP contribution in [0.25, 0.3) is 11.3 Å². The normalized spacial score (nSPS) is 12.1. The topological polar surface area (TPSA) is 57.8 Å². The van der Waals surface area contributed by atoms with Gasteiger partial charge in [0, 0.05) is 23.4 Å². The summed E-state index contributed by atoms with van der Waals surface area (Å²) in [6, 6.07) is 9.34. The Labute approximate surface area is 160 Å². The van der Waals surface area contributed by atoms with Gasteiger partial charge in [-0.15, -0.1) is 0 Å². The summed E-state index contributed by atoms with van der Waals surface area (Å²) in [5.74, 6) is -1.93. The molecule has 0 amide bonds. The van der Waals surface area contributed by atoms with E-state index in [-0.39, 0.29) is 6.54 Å². The van der Waals surface area contributed by atoms with Crippen LogP contribution in [0.5, 0.6) is 0 Å².